The average Bonchev–Trinajstić information content (AvgIpc) is 3.21. The van der Waals surface area contributed by atoms with Crippen LogP contribution in [-0.4, -0.2) is 33.8 Å². The van der Waals surface area contributed by atoms with Crippen molar-refractivity contribution < 1.29 is 29.4 Å². The molecule has 2 aromatic rings. The maximum atomic E-state index is 13.4. The van der Waals surface area contributed by atoms with Crippen molar-refractivity contribution in [3.8, 4) is 11.5 Å². The number of benzene rings is 2. The van der Waals surface area contributed by atoms with Gasteiger partial charge in [-0.3, -0.25) is 19.2 Å². The molecule has 0 unspecified atom stereocenters. The maximum absolute atomic E-state index is 13.4. The molecule has 2 aliphatic heterocycles. The molecule has 0 radical (unpaired) electrons. The molecule has 8 nitrogen and oxygen atoms in total. The Morgan fingerprint density at radius 1 is 0.562 bits per heavy atom. The number of anilines is 2. The van der Waals surface area contributed by atoms with Crippen LogP contribution in [0.25, 0.3) is 0 Å². The highest BCUT2D eigenvalue weighted by Gasteiger charge is 2.68. The summed E-state index contributed by atoms with van der Waals surface area (Å²) >= 11 is 0. The Labute approximate surface area is 182 Å². The largest absolute Gasteiger partial charge is 0.508 e. The molecule has 8 heteroatoms. The lowest BCUT2D eigenvalue weighted by molar-refractivity contribution is -0.137. The minimum absolute atomic E-state index is 0.0666. The van der Waals surface area contributed by atoms with Crippen molar-refractivity contribution in [1.29, 1.82) is 0 Å². The SMILES string of the molecule is O=C1[C@@H]2C3C=CC([C@@H]2C(=O)N1c1cccc(O)c1)[C@@H]1C(=O)N(c2cccc(O)c2)C(=O)[C@H]31. The number of carbonyl (C=O) groups excluding carboxylic acids is 4. The lowest BCUT2D eigenvalue weighted by Crippen LogP contribution is -2.50. The van der Waals surface area contributed by atoms with Crippen molar-refractivity contribution in [3.05, 3.63) is 60.7 Å². The van der Waals surface area contributed by atoms with Gasteiger partial charge in [0.05, 0.1) is 35.0 Å². The molecule has 0 spiro atoms. The van der Waals surface area contributed by atoms with Gasteiger partial charge in [-0.05, 0) is 24.3 Å². The second kappa shape index (κ2) is 6.29. The molecule has 4 amide bonds. The molecule has 3 aliphatic carbocycles. The van der Waals surface area contributed by atoms with Gasteiger partial charge in [0.15, 0.2) is 0 Å². The normalized spacial score (nSPS) is 32.6. The van der Waals surface area contributed by atoms with Crippen LogP contribution < -0.4 is 9.80 Å². The van der Waals surface area contributed by atoms with Gasteiger partial charge in [0.25, 0.3) is 0 Å². The average molecular weight is 430 g/mol. The van der Waals surface area contributed by atoms with Gasteiger partial charge in [-0.25, -0.2) is 9.80 Å². The van der Waals surface area contributed by atoms with Crippen LogP contribution in [0.4, 0.5) is 11.4 Å². The Hall–Kier alpha value is -3.94. The van der Waals surface area contributed by atoms with Crippen LogP contribution in [0.15, 0.2) is 60.7 Å². The van der Waals surface area contributed by atoms with Gasteiger partial charge in [-0.15, -0.1) is 0 Å². The van der Waals surface area contributed by atoms with E-state index >= 15 is 0 Å². The van der Waals surface area contributed by atoms with Crippen LogP contribution in [0.3, 0.4) is 0 Å². The van der Waals surface area contributed by atoms with E-state index < -0.39 is 59.1 Å². The topological polar surface area (TPSA) is 115 Å². The molecule has 4 atom stereocenters. The molecule has 0 aromatic heterocycles. The number of allylic oxidation sites excluding steroid dienone is 2. The van der Waals surface area contributed by atoms with Crippen LogP contribution in [-0.2, 0) is 19.2 Å². The van der Waals surface area contributed by atoms with E-state index in [4.69, 9.17) is 0 Å². The molecule has 5 aliphatic rings. The van der Waals surface area contributed by atoms with E-state index in [1.807, 2.05) is 0 Å². The van der Waals surface area contributed by atoms with E-state index in [0.717, 1.165) is 9.80 Å². The molecule has 2 heterocycles. The standard InChI is InChI=1S/C24H18N2O6/c27-13-5-1-3-11(9-13)25-21(29)17-15-7-8-16(18(17)22(25)30)20-19(15)23(31)26(24(20)32)12-4-2-6-14(28)10-12/h1-10,15-20,27-28H/t15?,16?,17-,18+,19-,20+. The second-order valence-electron chi connectivity index (χ2n) is 8.71. The molecule has 2 N–H and O–H groups in total. The van der Waals surface area contributed by atoms with Crippen molar-refractivity contribution in [2.75, 3.05) is 9.80 Å². The first-order valence-electron chi connectivity index (χ1n) is 10.4. The van der Waals surface area contributed by atoms with Gasteiger partial charge in [0.1, 0.15) is 11.5 Å². The van der Waals surface area contributed by atoms with Gasteiger partial charge in [-0.2, -0.15) is 0 Å². The van der Waals surface area contributed by atoms with Crippen LogP contribution in [0.2, 0.25) is 0 Å². The fraction of sp³-hybridized carbons (Fsp3) is 0.250. The third-order valence-corrected chi connectivity index (χ3v) is 7.19. The molecule has 2 saturated heterocycles. The molecule has 160 valence electrons. The van der Waals surface area contributed by atoms with E-state index in [1.165, 1.54) is 24.3 Å². The van der Waals surface area contributed by atoms with E-state index in [-0.39, 0.29) is 22.9 Å². The lowest BCUT2D eigenvalue weighted by atomic mass is 9.54. The van der Waals surface area contributed by atoms with Crippen LogP contribution in [0, 0.1) is 35.5 Å². The predicted octanol–water partition coefficient (Wildman–Crippen LogP) is 1.82. The summed E-state index contributed by atoms with van der Waals surface area (Å²) in [6.45, 7) is 0. The number of aromatic hydroxyl groups is 2. The van der Waals surface area contributed by atoms with Crippen LogP contribution >= 0.6 is 0 Å². The second-order valence-corrected chi connectivity index (χ2v) is 8.71. The zero-order valence-electron chi connectivity index (χ0n) is 16.7. The van der Waals surface area contributed by atoms with Crippen LogP contribution in [0.1, 0.15) is 0 Å². The monoisotopic (exact) mass is 430 g/mol. The molecule has 1 saturated carbocycles. The molecule has 7 rings (SSSR count). The number of nitrogens with zero attached hydrogens (tertiary/aromatic N) is 2. The summed E-state index contributed by atoms with van der Waals surface area (Å²) in [5, 5.41) is 19.6. The minimum Gasteiger partial charge on any atom is -0.508 e. The zero-order valence-corrected chi connectivity index (χ0v) is 16.7. The summed E-state index contributed by atoms with van der Waals surface area (Å²) in [5.74, 6) is -5.89. The third-order valence-electron chi connectivity index (χ3n) is 7.19. The fourth-order valence-corrected chi connectivity index (χ4v) is 6.00. The molecule has 32 heavy (non-hydrogen) atoms. The Morgan fingerprint density at radius 2 is 0.906 bits per heavy atom. The summed E-state index contributed by atoms with van der Waals surface area (Å²) in [6, 6.07) is 11.8. The number of hydrogen-bond acceptors (Lipinski definition) is 6. The number of rotatable bonds is 2. The molecular weight excluding hydrogens is 412 g/mol. The van der Waals surface area contributed by atoms with E-state index in [1.54, 1.807) is 36.4 Å². The quantitative estimate of drug-likeness (QED) is 0.555. The Morgan fingerprint density at radius 3 is 1.22 bits per heavy atom. The van der Waals surface area contributed by atoms with Crippen molar-refractivity contribution >= 4 is 35.0 Å². The summed E-state index contributed by atoms with van der Waals surface area (Å²) in [7, 11) is 0. The zero-order chi connectivity index (χ0) is 22.3. The number of imide groups is 2. The Kier molecular flexibility index (Phi) is 3.69. The van der Waals surface area contributed by atoms with Crippen molar-refractivity contribution in [3.63, 3.8) is 0 Å². The highest BCUT2D eigenvalue weighted by Crippen LogP contribution is 2.58. The lowest BCUT2D eigenvalue weighted by Gasteiger charge is -2.44. The van der Waals surface area contributed by atoms with Crippen molar-refractivity contribution in [2.45, 2.75) is 0 Å². The number of hydrogen-bond donors (Lipinski definition) is 2. The predicted molar refractivity (Wildman–Crippen MR) is 111 cm³/mol. The van der Waals surface area contributed by atoms with E-state index in [9.17, 15) is 29.4 Å². The van der Waals surface area contributed by atoms with Crippen LogP contribution in [0.5, 0.6) is 11.5 Å². The number of amides is 4. The van der Waals surface area contributed by atoms with Crippen molar-refractivity contribution in [1.82, 2.24) is 0 Å². The van der Waals surface area contributed by atoms with Gasteiger partial charge in [0.2, 0.25) is 23.6 Å². The summed E-state index contributed by atoms with van der Waals surface area (Å²) in [5.41, 5.74) is 0.552. The Balaban J connectivity index is 1.41. The third kappa shape index (κ3) is 2.26. The highest BCUT2D eigenvalue weighted by atomic mass is 16.3. The van der Waals surface area contributed by atoms with E-state index in [0.29, 0.717) is 0 Å². The van der Waals surface area contributed by atoms with Gasteiger partial charge in [0, 0.05) is 24.0 Å². The first kappa shape index (κ1) is 18.8. The molecule has 2 bridgehead atoms. The maximum Gasteiger partial charge on any atom is 0.238 e. The van der Waals surface area contributed by atoms with Gasteiger partial charge < -0.3 is 10.2 Å². The summed E-state index contributed by atoms with van der Waals surface area (Å²) in [6.07, 6.45) is 3.59. The summed E-state index contributed by atoms with van der Waals surface area (Å²) < 4.78 is 0. The fourth-order valence-electron chi connectivity index (χ4n) is 6.00. The first-order chi connectivity index (χ1) is 15.4. The highest BCUT2D eigenvalue weighted by molar-refractivity contribution is 6.26. The minimum atomic E-state index is -0.734. The number of phenolic OH excluding ortho intramolecular Hbond substituents is 2. The first-order valence-corrected chi connectivity index (χ1v) is 10.4. The molecule has 2 aromatic carbocycles. The number of phenols is 2. The summed E-state index contributed by atoms with van der Waals surface area (Å²) in [4.78, 5) is 55.6. The molecular formula is C24H18N2O6. The van der Waals surface area contributed by atoms with Gasteiger partial charge in [-0.1, -0.05) is 24.3 Å². The number of carbonyl (C=O) groups is 4. The van der Waals surface area contributed by atoms with E-state index in [2.05, 4.69) is 0 Å². The molecule has 3 fully saturated rings. The van der Waals surface area contributed by atoms with Crippen molar-refractivity contribution in [2.24, 2.45) is 35.5 Å². The van der Waals surface area contributed by atoms with Gasteiger partial charge >= 0.3 is 0 Å². The smallest absolute Gasteiger partial charge is 0.238 e. The Bertz CT molecular complexity index is 1110.